The second-order valence-electron chi connectivity index (χ2n) is 23.1. The lowest BCUT2D eigenvalue weighted by Gasteiger charge is -2.24. The molecule has 0 radical (unpaired) electrons. The summed E-state index contributed by atoms with van der Waals surface area (Å²) in [5.41, 5.74) is 0. The standard InChI is InChI=1S/C74H124NO8P/c1-6-8-10-12-14-16-18-20-22-24-26-28-29-30-31-32-33-34-35-36-37-38-39-40-41-42-43-44-45-47-49-51-53-55-57-59-61-63-65-67-74(77)83-72(71-82-84(78,79)81-69-68-75(3,4)5)70-80-73(76)66-64-62-60-58-56-54-52-50-48-46-27-25-23-21-19-17-15-13-11-9-7-2/h8,10,14,16,20,22,25-28,30-31,33-34,36-37,39-40,42-43,45,47,51,53,72H,6-7,9,11-13,15,17-19,21,23-24,29,32,35,38,41,44,46,48-50,52,54-71H2,1-5H3/p+1/b10-8-,16-14-,22-20-,27-25-,28-26-,31-30-,34-33-,37-36-,40-39-,43-42-,47-45-,53-51-. The number of likely N-dealkylation sites (N-methyl/N-ethyl adjacent to an activating group) is 1. The van der Waals surface area contributed by atoms with Gasteiger partial charge in [-0.25, -0.2) is 4.57 Å². The topological polar surface area (TPSA) is 108 Å². The number of unbranched alkanes of at least 4 members (excludes halogenated alkanes) is 22. The van der Waals surface area contributed by atoms with Crippen LogP contribution in [0.15, 0.2) is 146 Å². The molecule has 0 aromatic rings. The number of phosphoric acid groups is 1. The number of allylic oxidation sites excluding steroid dienone is 24. The summed E-state index contributed by atoms with van der Waals surface area (Å²) in [7, 11) is 1.45. The molecule has 0 aliphatic rings. The van der Waals surface area contributed by atoms with E-state index in [4.69, 9.17) is 18.5 Å². The van der Waals surface area contributed by atoms with Crippen LogP contribution >= 0.6 is 7.82 Å². The molecule has 0 saturated carbocycles. The Morgan fingerprint density at radius 2 is 0.679 bits per heavy atom. The summed E-state index contributed by atoms with van der Waals surface area (Å²) < 4.78 is 34.6. The molecule has 84 heavy (non-hydrogen) atoms. The number of nitrogens with zero attached hydrogens (tertiary/aromatic N) is 1. The number of rotatable bonds is 60. The van der Waals surface area contributed by atoms with Gasteiger partial charge in [0.25, 0.3) is 0 Å². The highest BCUT2D eigenvalue weighted by molar-refractivity contribution is 7.47. The molecular formula is C74H125NO8P+. The Morgan fingerprint density at radius 3 is 1.02 bits per heavy atom. The quantitative estimate of drug-likeness (QED) is 0.0211. The third kappa shape index (κ3) is 67.0. The minimum atomic E-state index is -4.41. The van der Waals surface area contributed by atoms with Crippen molar-refractivity contribution in [2.75, 3.05) is 47.5 Å². The number of hydrogen-bond donors (Lipinski definition) is 1. The Balaban J connectivity index is 4.18. The summed E-state index contributed by atoms with van der Waals surface area (Å²) in [5.74, 6) is -0.827. The van der Waals surface area contributed by atoms with Crippen LogP contribution in [0.1, 0.15) is 258 Å². The fourth-order valence-corrected chi connectivity index (χ4v) is 9.46. The smallest absolute Gasteiger partial charge is 0.462 e. The van der Waals surface area contributed by atoms with Gasteiger partial charge in [0.05, 0.1) is 27.7 Å². The number of hydrogen-bond acceptors (Lipinski definition) is 7. The molecule has 0 aromatic carbocycles. The number of phosphoric ester groups is 1. The first-order valence-corrected chi connectivity index (χ1v) is 35.1. The zero-order valence-corrected chi connectivity index (χ0v) is 55.2. The summed E-state index contributed by atoms with van der Waals surface area (Å²) in [4.78, 5) is 35.8. The van der Waals surface area contributed by atoms with Gasteiger partial charge in [-0.1, -0.05) is 269 Å². The van der Waals surface area contributed by atoms with Crippen LogP contribution in [0, 0.1) is 0 Å². The zero-order chi connectivity index (χ0) is 61.2. The molecule has 0 aliphatic heterocycles. The highest BCUT2D eigenvalue weighted by atomic mass is 31.2. The summed E-state index contributed by atoms with van der Waals surface area (Å²) in [6, 6.07) is 0. The maximum atomic E-state index is 12.9. The van der Waals surface area contributed by atoms with Gasteiger partial charge in [0, 0.05) is 12.8 Å². The number of carbonyl (C=O) groups is 2. The average molecular weight is 1190 g/mol. The number of quaternary nitrogens is 1. The van der Waals surface area contributed by atoms with E-state index < -0.39 is 26.5 Å². The van der Waals surface area contributed by atoms with Crippen LogP contribution in [-0.4, -0.2) is 74.9 Å². The second-order valence-corrected chi connectivity index (χ2v) is 24.6. The van der Waals surface area contributed by atoms with Crippen molar-refractivity contribution < 1.29 is 42.1 Å². The molecule has 1 N–H and O–H groups in total. The van der Waals surface area contributed by atoms with Crippen LogP contribution in [-0.2, 0) is 32.7 Å². The maximum absolute atomic E-state index is 12.9. The zero-order valence-electron chi connectivity index (χ0n) is 54.3. The van der Waals surface area contributed by atoms with E-state index in [1.54, 1.807) is 0 Å². The average Bonchev–Trinajstić information content (AvgIpc) is 3.61. The van der Waals surface area contributed by atoms with E-state index in [1.165, 1.54) is 103 Å². The highest BCUT2D eigenvalue weighted by Crippen LogP contribution is 2.43. The molecule has 0 spiro atoms. The Bertz CT molecular complexity index is 1930. The van der Waals surface area contributed by atoms with Crippen molar-refractivity contribution >= 4 is 19.8 Å². The molecule has 0 heterocycles. The lowest BCUT2D eigenvalue weighted by atomic mass is 10.1. The third-order valence-corrected chi connectivity index (χ3v) is 14.8. The largest absolute Gasteiger partial charge is 0.472 e. The molecule has 2 unspecified atom stereocenters. The van der Waals surface area contributed by atoms with E-state index in [0.717, 1.165) is 122 Å². The monoisotopic (exact) mass is 1190 g/mol. The van der Waals surface area contributed by atoms with E-state index >= 15 is 0 Å². The normalized spacial score (nSPS) is 14.1. The molecule has 10 heteroatoms. The van der Waals surface area contributed by atoms with Crippen molar-refractivity contribution in [3.05, 3.63) is 146 Å². The summed E-state index contributed by atoms with van der Waals surface area (Å²) in [6.45, 7) is 4.29. The van der Waals surface area contributed by atoms with E-state index in [0.29, 0.717) is 17.4 Å². The van der Waals surface area contributed by atoms with Crippen LogP contribution in [0.5, 0.6) is 0 Å². The van der Waals surface area contributed by atoms with Gasteiger partial charge in [-0.05, 0) is 122 Å². The van der Waals surface area contributed by atoms with Gasteiger partial charge in [0.15, 0.2) is 6.10 Å². The molecule has 0 aromatic heterocycles. The minimum absolute atomic E-state index is 0.0203. The summed E-state index contributed by atoms with van der Waals surface area (Å²) >= 11 is 0. The van der Waals surface area contributed by atoms with Crippen molar-refractivity contribution in [2.24, 2.45) is 0 Å². The summed E-state index contributed by atoms with van der Waals surface area (Å²) in [6.07, 6.45) is 93.6. The minimum Gasteiger partial charge on any atom is -0.462 e. The van der Waals surface area contributed by atoms with E-state index in [2.05, 4.69) is 160 Å². The first kappa shape index (κ1) is 79.9. The summed E-state index contributed by atoms with van der Waals surface area (Å²) in [5, 5.41) is 0. The van der Waals surface area contributed by atoms with Crippen LogP contribution in [0.4, 0.5) is 0 Å². The van der Waals surface area contributed by atoms with Gasteiger partial charge in [-0.2, -0.15) is 0 Å². The van der Waals surface area contributed by atoms with E-state index in [9.17, 15) is 19.0 Å². The van der Waals surface area contributed by atoms with Crippen LogP contribution in [0.25, 0.3) is 0 Å². The molecule has 478 valence electrons. The van der Waals surface area contributed by atoms with E-state index in [-0.39, 0.29) is 32.0 Å². The first-order chi connectivity index (χ1) is 41.0. The lowest BCUT2D eigenvalue weighted by Crippen LogP contribution is -2.37. The molecule has 0 aliphatic carbocycles. The first-order valence-electron chi connectivity index (χ1n) is 33.6. The Labute approximate surface area is 516 Å². The number of ether oxygens (including phenoxy) is 2. The van der Waals surface area contributed by atoms with E-state index in [1.807, 2.05) is 21.1 Å². The van der Waals surface area contributed by atoms with Gasteiger partial charge < -0.3 is 18.9 Å². The van der Waals surface area contributed by atoms with Crippen molar-refractivity contribution in [3.63, 3.8) is 0 Å². The van der Waals surface area contributed by atoms with Gasteiger partial charge in [0.2, 0.25) is 0 Å². The SMILES string of the molecule is CC/C=C\C/C=C\C/C=C\C/C=C\C/C=C\C/C=C\C/C=C\C/C=C\C/C=C\C/C=C\C/C=C\CCCCCCCC(=O)OC(COC(=O)CCCCCCCCCCC/C=C\CCCCCCCCCC)COP(=O)(O)OCC[N+](C)(C)C. The second kappa shape index (κ2) is 63.4. The fraction of sp³-hybridized carbons (Fsp3) is 0.649. The maximum Gasteiger partial charge on any atom is 0.472 e. The van der Waals surface area contributed by atoms with Gasteiger partial charge in [-0.15, -0.1) is 0 Å². The molecule has 0 bridgehead atoms. The Morgan fingerprint density at radius 1 is 0.381 bits per heavy atom. The highest BCUT2D eigenvalue weighted by Gasteiger charge is 2.27. The van der Waals surface area contributed by atoms with Crippen LogP contribution in [0.3, 0.4) is 0 Å². The molecule has 0 fully saturated rings. The number of esters is 2. The van der Waals surface area contributed by atoms with Crippen molar-refractivity contribution in [2.45, 2.75) is 264 Å². The van der Waals surface area contributed by atoms with Crippen LogP contribution in [0.2, 0.25) is 0 Å². The molecule has 0 amide bonds. The lowest BCUT2D eigenvalue weighted by molar-refractivity contribution is -0.870. The van der Waals surface area contributed by atoms with Gasteiger partial charge >= 0.3 is 19.8 Å². The van der Waals surface area contributed by atoms with Gasteiger partial charge in [-0.3, -0.25) is 18.6 Å². The molecule has 0 saturated heterocycles. The predicted molar refractivity (Wildman–Crippen MR) is 362 cm³/mol. The molecule has 9 nitrogen and oxygen atoms in total. The Hall–Kier alpha value is -4.11. The predicted octanol–water partition coefficient (Wildman–Crippen LogP) is 21.8. The Kier molecular flexibility index (Phi) is 60.3. The third-order valence-electron chi connectivity index (χ3n) is 13.9. The van der Waals surface area contributed by atoms with Crippen molar-refractivity contribution in [3.8, 4) is 0 Å². The van der Waals surface area contributed by atoms with Gasteiger partial charge in [0.1, 0.15) is 19.8 Å². The molecule has 0 rings (SSSR count). The molecular weight excluding hydrogens is 1060 g/mol. The van der Waals surface area contributed by atoms with Crippen LogP contribution < -0.4 is 0 Å². The number of carbonyl (C=O) groups excluding carboxylic acids is 2. The van der Waals surface area contributed by atoms with Crippen molar-refractivity contribution in [1.82, 2.24) is 0 Å². The fourth-order valence-electron chi connectivity index (χ4n) is 8.72. The molecule has 2 atom stereocenters. The van der Waals surface area contributed by atoms with Crippen molar-refractivity contribution in [1.29, 1.82) is 0 Å².